The van der Waals surface area contributed by atoms with Gasteiger partial charge in [0.15, 0.2) is 5.03 Å². The lowest BCUT2D eigenvalue weighted by Crippen LogP contribution is -2.13. The average Bonchev–Trinajstić information content (AvgIpc) is 2.94. The van der Waals surface area contributed by atoms with Gasteiger partial charge in [0.05, 0.1) is 23.7 Å². The summed E-state index contributed by atoms with van der Waals surface area (Å²) in [5.74, 6) is 0. The number of pyridine rings is 1. The lowest BCUT2D eigenvalue weighted by atomic mass is 10.2. The van der Waals surface area contributed by atoms with Gasteiger partial charge in [-0.15, -0.1) is 0 Å². The van der Waals surface area contributed by atoms with E-state index in [1.807, 2.05) is 25.1 Å². The number of anilines is 1. The number of hydrogen-bond donors (Lipinski definition) is 2. The van der Waals surface area contributed by atoms with Crippen LogP contribution in [0.1, 0.15) is 5.69 Å². The Balaban J connectivity index is 2.10. The summed E-state index contributed by atoms with van der Waals surface area (Å²) in [4.78, 5) is 10.7. The molecule has 0 amide bonds. The number of aromatic amines is 1. The molecule has 1 aromatic carbocycles. The number of aromatic nitrogens is 3. The van der Waals surface area contributed by atoms with E-state index in [9.17, 15) is 8.42 Å². The Hall–Kier alpha value is -2.41. The van der Waals surface area contributed by atoms with E-state index in [1.54, 1.807) is 12.1 Å². The van der Waals surface area contributed by atoms with Gasteiger partial charge < -0.3 is 4.98 Å². The summed E-state index contributed by atoms with van der Waals surface area (Å²) in [6.07, 6.45) is 2.58. The average molecular weight is 288 g/mol. The highest BCUT2D eigenvalue weighted by Gasteiger charge is 2.17. The second-order valence-corrected chi connectivity index (χ2v) is 6.00. The number of nitrogens with one attached hydrogen (secondary N) is 2. The highest BCUT2D eigenvalue weighted by molar-refractivity contribution is 7.92. The molecule has 3 rings (SSSR count). The first kappa shape index (κ1) is 12.6. The van der Waals surface area contributed by atoms with Crippen molar-refractivity contribution >= 4 is 26.6 Å². The molecule has 0 saturated carbocycles. The molecule has 2 heterocycles. The molecule has 0 aliphatic heterocycles. The maximum absolute atomic E-state index is 12.2. The summed E-state index contributed by atoms with van der Waals surface area (Å²) in [5, 5.41) is 0.891. The van der Waals surface area contributed by atoms with Crippen molar-refractivity contribution in [2.24, 2.45) is 0 Å². The number of benzene rings is 1. The minimum Gasteiger partial charge on any atom is -0.334 e. The van der Waals surface area contributed by atoms with Crippen molar-refractivity contribution in [3.8, 4) is 0 Å². The van der Waals surface area contributed by atoms with Gasteiger partial charge >= 0.3 is 0 Å². The summed E-state index contributed by atoms with van der Waals surface area (Å²) in [5.41, 5.74) is 1.89. The SMILES string of the molecule is Cc1ccc2cccc(NS(=O)(=O)c3cnc[nH]3)c2n1. The summed E-state index contributed by atoms with van der Waals surface area (Å²) in [6, 6.07) is 9.14. The number of rotatable bonds is 3. The van der Waals surface area contributed by atoms with Crippen molar-refractivity contribution in [1.82, 2.24) is 15.0 Å². The van der Waals surface area contributed by atoms with E-state index < -0.39 is 10.0 Å². The number of para-hydroxylation sites is 1. The molecule has 0 spiro atoms. The normalized spacial score (nSPS) is 11.7. The summed E-state index contributed by atoms with van der Waals surface area (Å²) >= 11 is 0. The molecule has 20 heavy (non-hydrogen) atoms. The number of hydrogen-bond acceptors (Lipinski definition) is 4. The number of sulfonamides is 1. The molecule has 6 nitrogen and oxygen atoms in total. The number of H-pyrrole nitrogens is 1. The van der Waals surface area contributed by atoms with Crippen molar-refractivity contribution in [2.75, 3.05) is 4.72 Å². The molecule has 2 N–H and O–H groups in total. The highest BCUT2D eigenvalue weighted by atomic mass is 32.2. The van der Waals surface area contributed by atoms with Gasteiger partial charge in [-0.05, 0) is 19.1 Å². The molecule has 2 aromatic heterocycles. The molecule has 0 unspecified atom stereocenters. The van der Waals surface area contributed by atoms with Crippen LogP contribution in [0.25, 0.3) is 10.9 Å². The van der Waals surface area contributed by atoms with E-state index in [-0.39, 0.29) is 5.03 Å². The number of nitrogens with zero attached hydrogens (tertiary/aromatic N) is 2. The molecule has 0 atom stereocenters. The number of imidazole rings is 1. The molecule has 0 fully saturated rings. The van der Waals surface area contributed by atoms with Crippen molar-refractivity contribution in [2.45, 2.75) is 11.9 Å². The fourth-order valence-corrected chi connectivity index (χ4v) is 2.89. The van der Waals surface area contributed by atoms with E-state index in [1.165, 1.54) is 12.5 Å². The van der Waals surface area contributed by atoms with Crippen LogP contribution in [0, 0.1) is 6.92 Å². The largest absolute Gasteiger partial charge is 0.334 e. The predicted molar refractivity (Wildman–Crippen MR) is 75.9 cm³/mol. The van der Waals surface area contributed by atoms with Gasteiger partial charge in [0.1, 0.15) is 0 Å². The van der Waals surface area contributed by atoms with E-state index in [4.69, 9.17) is 0 Å². The van der Waals surface area contributed by atoms with E-state index in [0.717, 1.165) is 11.1 Å². The third-order valence-electron chi connectivity index (χ3n) is 2.87. The van der Waals surface area contributed by atoms with Crippen LogP contribution in [0.3, 0.4) is 0 Å². The molecular weight excluding hydrogens is 276 g/mol. The van der Waals surface area contributed by atoms with Crippen molar-refractivity contribution < 1.29 is 8.42 Å². The van der Waals surface area contributed by atoms with E-state index in [0.29, 0.717) is 11.2 Å². The molecular formula is C13H12N4O2S. The zero-order valence-corrected chi connectivity index (χ0v) is 11.5. The van der Waals surface area contributed by atoms with Crippen molar-refractivity contribution in [3.05, 3.63) is 48.5 Å². The van der Waals surface area contributed by atoms with Gasteiger partial charge in [-0.2, -0.15) is 8.42 Å². The second kappa shape index (κ2) is 4.61. The smallest absolute Gasteiger partial charge is 0.279 e. The predicted octanol–water partition coefficient (Wildman–Crippen LogP) is 2.07. The van der Waals surface area contributed by atoms with Gasteiger partial charge in [0, 0.05) is 11.1 Å². The van der Waals surface area contributed by atoms with Crippen LogP contribution < -0.4 is 4.72 Å². The van der Waals surface area contributed by atoms with E-state index in [2.05, 4.69) is 19.7 Å². The maximum Gasteiger partial charge on any atom is 0.279 e. The molecule has 0 aliphatic carbocycles. The maximum atomic E-state index is 12.2. The standard InChI is InChI=1S/C13H12N4O2S/c1-9-5-6-10-3-2-4-11(13(10)16-9)17-20(18,19)12-7-14-8-15-12/h2-8,17H,1H3,(H,14,15). The Kier molecular flexibility index (Phi) is 2.90. The summed E-state index contributed by atoms with van der Waals surface area (Å²) in [7, 11) is -3.68. The van der Waals surface area contributed by atoms with Gasteiger partial charge in [-0.25, -0.2) is 4.98 Å². The zero-order chi connectivity index (χ0) is 14.2. The quantitative estimate of drug-likeness (QED) is 0.772. The van der Waals surface area contributed by atoms with Crippen LogP contribution >= 0.6 is 0 Å². The third kappa shape index (κ3) is 2.23. The first-order valence-corrected chi connectivity index (χ1v) is 7.42. The molecule has 0 bridgehead atoms. The lowest BCUT2D eigenvalue weighted by Gasteiger charge is -2.09. The van der Waals surface area contributed by atoms with Crippen LogP contribution in [0.15, 0.2) is 47.9 Å². The van der Waals surface area contributed by atoms with Crippen molar-refractivity contribution in [3.63, 3.8) is 0 Å². The molecule has 0 aliphatic rings. The fraction of sp³-hybridized carbons (Fsp3) is 0.0769. The van der Waals surface area contributed by atoms with Crippen LogP contribution in [0.2, 0.25) is 0 Å². The minimum atomic E-state index is -3.68. The third-order valence-corrected chi connectivity index (χ3v) is 4.16. The first-order valence-electron chi connectivity index (χ1n) is 5.94. The lowest BCUT2D eigenvalue weighted by molar-refractivity contribution is 0.598. The Morgan fingerprint density at radius 3 is 2.80 bits per heavy atom. The summed E-state index contributed by atoms with van der Waals surface area (Å²) in [6.45, 7) is 1.86. The highest BCUT2D eigenvalue weighted by Crippen LogP contribution is 2.23. The van der Waals surface area contributed by atoms with Gasteiger partial charge in [0.2, 0.25) is 0 Å². The molecule has 3 aromatic rings. The monoisotopic (exact) mass is 288 g/mol. The second-order valence-electron chi connectivity index (χ2n) is 4.35. The molecule has 102 valence electrons. The van der Waals surface area contributed by atoms with E-state index >= 15 is 0 Å². The Labute approximate surface area is 115 Å². The minimum absolute atomic E-state index is 0.0159. The van der Waals surface area contributed by atoms with Crippen molar-refractivity contribution in [1.29, 1.82) is 0 Å². The van der Waals surface area contributed by atoms with Crippen LogP contribution in [-0.2, 0) is 10.0 Å². The van der Waals surface area contributed by atoms with Gasteiger partial charge in [-0.3, -0.25) is 9.71 Å². The Morgan fingerprint density at radius 1 is 1.20 bits per heavy atom. The topological polar surface area (TPSA) is 87.7 Å². The Morgan fingerprint density at radius 2 is 2.05 bits per heavy atom. The summed E-state index contributed by atoms with van der Waals surface area (Å²) < 4.78 is 26.9. The first-order chi connectivity index (χ1) is 9.56. The molecule has 0 radical (unpaired) electrons. The number of aryl methyl sites for hydroxylation is 1. The van der Waals surface area contributed by atoms with Gasteiger partial charge in [-0.1, -0.05) is 18.2 Å². The van der Waals surface area contributed by atoms with Gasteiger partial charge in [0.25, 0.3) is 10.0 Å². The molecule has 0 saturated heterocycles. The van der Waals surface area contributed by atoms with Crippen LogP contribution in [0.5, 0.6) is 0 Å². The number of fused-ring (bicyclic) bond motifs is 1. The molecule has 7 heteroatoms. The van der Waals surface area contributed by atoms with Crippen LogP contribution in [-0.4, -0.2) is 23.4 Å². The fourth-order valence-electron chi connectivity index (χ4n) is 1.92. The zero-order valence-electron chi connectivity index (χ0n) is 10.7. The Bertz CT molecular complexity index is 857. The van der Waals surface area contributed by atoms with Crippen LogP contribution in [0.4, 0.5) is 5.69 Å².